The van der Waals surface area contributed by atoms with E-state index in [1.165, 1.54) is 18.2 Å². The van der Waals surface area contributed by atoms with Crippen LogP contribution in [-0.4, -0.2) is 37.1 Å². The summed E-state index contributed by atoms with van der Waals surface area (Å²) in [6, 6.07) is 19.9. The molecule has 0 saturated carbocycles. The Balaban J connectivity index is 1.40. The summed E-state index contributed by atoms with van der Waals surface area (Å²) in [4.78, 5) is 23.6. The fourth-order valence-electron chi connectivity index (χ4n) is 4.42. The number of amides is 1. The third kappa shape index (κ3) is 5.10. The lowest BCUT2D eigenvalue weighted by Crippen LogP contribution is -2.31. The molecule has 2 heterocycles. The number of nitriles is 1. The van der Waals surface area contributed by atoms with Crippen LogP contribution in [0.2, 0.25) is 0 Å². The topological polar surface area (TPSA) is 116 Å². The van der Waals surface area contributed by atoms with Crippen molar-refractivity contribution in [2.75, 3.05) is 23.0 Å². The average Bonchev–Trinajstić information content (AvgIpc) is 3.34. The first-order chi connectivity index (χ1) is 18.2. The van der Waals surface area contributed by atoms with Crippen molar-refractivity contribution in [2.45, 2.75) is 17.7 Å². The van der Waals surface area contributed by atoms with E-state index >= 15 is 0 Å². The molecule has 1 aliphatic heterocycles. The molecule has 0 bridgehead atoms. The van der Waals surface area contributed by atoms with Gasteiger partial charge in [-0.2, -0.15) is 5.26 Å². The smallest absolute Gasteiger partial charge is 0.231 e. The Bertz CT molecular complexity index is 1700. The zero-order chi connectivity index (χ0) is 26.9. The third-order valence-electron chi connectivity index (χ3n) is 6.27. The predicted octanol–water partition coefficient (Wildman–Crippen LogP) is 4.43. The summed E-state index contributed by atoms with van der Waals surface area (Å²) in [7, 11) is -3.30. The number of rotatable bonds is 6. The number of nitrogens with zero attached hydrogens (tertiary/aromatic N) is 4. The van der Waals surface area contributed by atoms with E-state index in [9.17, 15) is 22.9 Å². The predicted molar refractivity (Wildman–Crippen MR) is 141 cm³/mol. The molecule has 1 aromatic heterocycles. The molecule has 0 saturated heterocycles. The van der Waals surface area contributed by atoms with E-state index in [0.29, 0.717) is 52.7 Å². The van der Waals surface area contributed by atoms with Crippen LogP contribution < -0.4 is 10.2 Å². The first kappa shape index (κ1) is 25.0. The van der Waals surface area contributed by atoms with Crippen LogP contribution in [0.3, 0.4) is 0 Å². The molecule has 1 aliphatic rings. The standard InChI is InChI=1S/C28H22FN5O3S/c1-38(36,37)23-8-6-22(7-9-23)32-28-31-12-10-25(33-28)20-14-19-11-13-34(27(19)21(15-20)17-30)26(35)16-18-4-2-3-5-24(18)29/h2-10,12,14-15H,11,13,16H2,1H3,(H,31,32,33). The van der Waals surface area contributed by atoms with Gasteiger partial charge in [0.25, 0.3) is 0 Å². The molecule has 190 valence electrons. The second-order valence-corrected chi connectivity index (χ2v) is 10.9. The van der Waals surface area contributed by atoms with Gasteiger partial charge in [-0.1, -0.05) is 18.2 Å². The van der Waals surface area contributed by atoms with E-state index in [1.807, 2.05) is 6.07 Å². The fourth-order valence-corrected chi connectivity index (χ4v) is 5.06. The van der Waals surface area contributed by atoms with Crippen molar-refractivity contribution in [2.24, 2.45) is 0 Å². The van der Waals surface area contributed by atoms with Gasteiger partial charge in [-0.05, 0) is 66.1 Å². The van der Waals surface area contributed by atoms with Gasteiger partial charge in [-0.25, -0.2) is 22.8 Å². The lowest BCUT2D eigenvalue weighted by molar-refractivity contribution is -0.117. The second-order valence-electron chi connectivity index (χ2n) is 8.89. The summed E-state index contributed by atoms with van der Waals surface area (Å²) in [6.45, 7) is 0.404. The highest BCUT2D eigenvalue weighted by Gasteiger charge is 2.29. The SMILES string of the molecule is CS(=O)(=O)c1ccc(Nc2nccc(-c3cc(C#N)c4c(c3)CCN4C(=O)Cc3ccccc3F)n2)cc1. The van der Waals surface area contributed by atoms with Crippen LogP contribution in [0.15, 0.2) is 77.8 Å². The molecule has 0 unspecified atom stereocenters. The quantitative estimate of drug-likeness (QED) is 0.394. The zero-order valence-corrected chi connectivity index (χ0v) is 21.2. The molecule has 0 aliphatic carbocycles. The third-order valence-corrected chi connectivity index (χ3v) is 7.40. The van der Waals surface area contributed by atoms with E-state index in [4.69, 9.17) is 0 Å². The molecule has 8 nitrogen and oxygen atoms in total. The molecular weight excluding hydrogens is 505 g/mol. The van der Waals surface area contributed by atoms with E-state index < -0.39 is 15.7 Å². The van der Waals surface area contributed by atoms with Crippen molar-refractivity contribution in [1.82, 2.24) is 9.97 Å². The number of anilines is 3. The van der Waals surface area contributed by atoms with Gasteiger partial charge < -0.3 is 10.2 Å². The van der Waals surface area contributed by atoms with E-state index in [1.54, 1.807) is 53.6 Å². The van der Waals surface area contributed by atoms with Gasteiger partial charge in [0, 0.05) is 30.2 Å². The van der Waals surface area contributed by atoms with Gasteiger partial charge in [-0.3, -0.25) is 4.79 Å². The van der Waals surface area contributed by atoms with Gasteiger partial charge >= 0.3 is 0 Å². The minimum Gasteiger partial charge on any atom is -0.324 e. The first-order valence-electron chi connectivity index (χ1n) is 11.7. The zero-order valence-electron chi connectivity index (χ0n) is 20.3. The number of carbonyl (C=O) groups is 1. The van der Waals surface area contributed by atoms with Crippen molar-refractivity contribution in [3.8, 4) is 17.3 Å². The average molecular weight is 528 g/mol. The van der Waals surface area contributed by atoms with Crippen LogP contribution >= 0.6 is 0 Å². The van der Waals surface area contributed by atoms with Crippen LogP contribution in [0.4, 0.5) is 21.7 Å². The minimum atomic E-state index is -3.30. The summed E-state index contributed by atoms with van der Waals surface area (Å²) in [6.07, 6.45) is 3.19. The monoisotopic (exact) mass is 527 g/mol. The number of nitrogens with one attached hydrogen (secondary N) is 1. The summed E-state index contributed by atoms with van der Waals surface area (Å²) in [5.74, 6) is -0.403. The van der Waals surface area contributed by atoms with Crippen LogP contribution in [0, 0.1) is 17.1 Å². The van der Waals surface area contributed by atoms with E-state index in [0.717, 1.165) is 11.8 Å². The molecule has 10 heteroatoms. The number of benzene rings is 3. The molecule has 0 atom stereocenters. The van der Waals surface area contributed by atoms with Crippen LogP contribution in [0.25, 0.3) is 11.3 Å². The molecule has 0 radical (unpaired) electrons. The molecule has 4 aromatic rings. The Hall–Kier alpha value is -4.62. The van der Waals surface area contributed by atoms with Crippen LogP contribution in [0.5, 0.6) is 0 Å². The maximum Gasteiger partial charge on any atom is 0.231 e. The second kappa shape index (κ2) is 10.0. The lowest BCUT2D eigenvalue weighted by atomic mass is 10.0. The van der Waals surface area contributed by atoms with Gasteiger partial charge in [0.05, 0.1) is 28.3 Å². The largest absolute Gasteiger partial charge is 0.324 e. The number of sulfone groups is 1. The number of hydrogen-bond donors (Lipinski definition) is 1. The summed E-state index contributed by atoms with van der Waals surface area (Å²) >= 11 is 0. The first-order valence-corrected chi connectivity index (χ1v) is 13.6. The Morgan fingerprint density at radius 3 is 2.61 bits per heavy atom. The summed E-state index contributed by atoms with van der Waals surface area (Å²) in [5, 5.41) is 13.0. The maximum atomic E-state index is 14.1. The van der Waals surface area contributed by atoms with Crippen molar-refractivity contribution in [1.29, 1.82) is 5.26 Å². The number of halogens is 1. The van der Waals surface area contributed by atoms with Gasteiger partial charge in [0.2, 0.25) is 11.9 Å². The van der Waals surface area contributed by atoms with E-state index in [-0.39, 0.29) is 17.2 Å². The Labute approximate surface area is 219 Å². The highest BCUT2D eigenvalue weighted by Crippen LogP contribution is 2.36. The van der Waals surface area contributed by atoms with Crippen LogP contribution in [-0.2, 0) is 27.5 Å². The highest BCUT2D eigenvalue weighted by molar-refractivity contribution is 7.90. The number of fused-ring (bicyclic) bond motifs is 1. The van der Waals surface area contributed by atoms with Crippen molar-refractivity contribution < 1.29 is 17.6 Å². The Kier molecular flexibility index (Phi) is 6.61. The normalized spacial score (nSPS) is 12.6. The molecule has 0 spiro atoms. The number of hydrogen-bond acceptors (Lipinski definition) is 7. The Morgan fingerprint density at radius 1 is 1.13 bits per heavy atom. The van der Waals surface area contributed by atoms with Gasteiger partial charge in [-0.15, -0.1) is 0 Å². The maximum absolute atomic E-state index is 14.1. The molecule has 0 fully saturated rings. The van der Waals surface area contributed by atoms with Gasteiger partial charge in [0.15, 0.2) is 9.84 Å². The van der Waals surface area contributed by atoms with Crippen LogP contribution in [0.1, 0.15) is 16.7 Å². The molecule has 3 aromatic carbocycles. The number of aromatic nitrogens is 2. The van der Waals surface area contributed by atoms with E-state index in [2.05, 4.69) is 21.4 Å². The minimum absolute atomic E-state index is 0.0924. The molecule has 5 rings (SSSR count). The molecular formula is C28H22FN5O3S. The highest BCUT2D eigenvalue weighted by atomic mass is 32.2. The lowest BCUT2D eigenvalue weighted by Gasteiger charge is -2.19. The van der Waals surface area contributed by atoms with Crippen molar-refractivity contribution >= 4 is 33.1 Å². The fraction of sp³-hybridized carbons (Fsp3) is 0.143. The van der Waals surface area contributed by atoms with Crippen molar-refractivity contribution in [3.63, 3.8) is 0 Å². The molecule has 1 amide bonds. The Morgan fingerprint density at radius 2 is 1.89 bits per heavy atom. The summed E-state index contributed by atoms with van der Waals surface area (Å²) in [5.41, 5.74) is 3.92. The molecule has 38 heavy (non-hydrogen) atoms. The summed E-state index contributed by atoms with van der Waals surface area (Å²) < 4.78 is 37.5. The molecule has 1 N–H and O–H groups in total. The van der Waals surface area contributed by atoms with Gasteiger partial charge in [0.1, 0.15) is 11.9 Å². The number of carbonyl (C=O) groups excluding carboxylic acids is 1. The van der Waals surface area contributed by atoms with Crippen molar-refractivity contribution in [3.05, 3.63) is 95.4 Å².